The zero-order chi connectivity index (χ0) is 45.4. The Hall–Kier alpha value is -7.68. The lowest BCUT2D eigenvalue weighted by Gasteiger charge is -2.30. The molecule has 0 spiro atoms. The number of para-hydroxylation sites is 2. The largest absolute Gasteiger partial charge is 0.310 e. The molecule has 322 valence electrons. The highest BCUT2D eigenvalue weighted by atomic mass is 15.1. The van der Waals surface area contributed by atoms with Crippen LogP contribution in [-0.2, 0) is 16.2 Å². The van der Waals surface area contributed by atoms with Crippen molar-refractivity contribution in [3.05, 3.63) is 240 Å². The van der Waals surface area contributed by atoms with Gasteiger partial charge in [0.15, 0.2) is 0 Å². The van der Waals surface area contributed by atoms with Crippen LogP contribution in [0.4, 0.5) is 34.1 Å². The van der Waals surface area contributed by atoms with Gasteiger partial charge in [0.05, 0.1) is 0 Å². The van der Waals surface area contributed by atoms with Gasteiger partial charge in [-0.25, -0.2) is 0 Å². The molecule has 3 aliphatic carbocycles. The predicted molar refractivity (Wildman–Crippen MR) is 284 cm³/mol. The van der Waals surface area contributed by atoms with Gasteiger partial charge >= 0.3 is 0 Å². The minimum absolute atomic E-state index is 0.0780. The summed E-state index contributed by atoms with van der Waals surface area (Å²) in [5, 5.41) is 5.16. The van der Waals surface area contributed by atoms with E-state index >= 15 is 0 Å². The highest BCUT2D eigenvalue weighted by molar-refractivity contribution is 6.01. The van der Waals surface area contributed by atoms with Crippen LogP contribution in [0, 0.1) is 0 Å². The molecule has 0 saturated carbocycles. The second kappa shape index (κ2) is 14.2. The van der Waals surface area contributed by atoms with Gasteiger partial charge in [-0.2, -0.15) is 0 Å². The number of nitrogens with zero attached hydrogens (tertiary/aromatic N) is 2. The molecule has 3 aliphatic rings. The molecule has 2 heteroatoms. The van der Waals surface area contributed by atoms with Gasteiger partial charge in [0.2, 0.25) is 0 Å². The average molecular weight is 861 g/mol. The number of benzene rings is 10. The summed E-state index contributed by atoms with van der Waals surface area (Å²) in [6.45, 7) is 14.3. The molecule has 0 heterocycles. The fraction of sp³-hybridized carbons (Fsp3) is 0.138. The lowest BCUT2D eigenvalue weighted by molar-refractivity contribution is 0.660. The van der Waals surface area contributed by atoms with E-state index in [1.54, 1.807) is 0 Å². The molecule has 0 N–H and O–H groups in total. The van der Waals surface area contributed by atoms with Crippen molar-refractivity contribution in [2.75, 3.05) is 9.80 Å². The smallest absolute Gasteiger partial charge is 0.0468 e. The van der Waals surface area contributed by atoms with E-state index in [1.165, 1.54) is 88.3 Å². The minimum Gasteiger partial charge on any atom is -0.310 e. The van der Waals surface area contributed by atoms with Gasteiger partial charge < -0.3 is 9.80 Å². The maximum atomic E-state index is 2.45. The molecule has 0 atom stereocenters. The number of rotatable bonds is 6. The zero-order valence-electron chi connectivity index (χ0n) is 39.0. The van der Waals surface area contributed by atoms with Crippen LogP contribution in [0.2, 0.25) is 0 Å². The van der Waals surface area contributed by atoms with Crippen LogP contribution in [0.5, 0.6) is 0 Å². The molecule has 0 fully saturated rings. The maximum absolute atomic E-state index is 2.45. The second-order valence-electron chi connectivity index (χ2n) is 20.6. The summed E-state index contributed by atoms with van der Waals surface area (Å²) < 4.78 is 0. The Morgan fingerprint density at radius 3 is 1.03 bits per heavy atom. The van der Waals surface area contributed by atoms with E-state index in [0.717, 1.165) is 34.1 Å². The molecule has 10 aromatic carbocycles. The van der Waals surface area contributed by atoms with Crippen molar-refractivity contribution in [3.63, 3.8) is 0 Å². The van der Waals surface area contributed by atoms with Crippen molar-refractivity contribution in [2.45, 2.75) is 57.8 Å². The molecule has 0 radical (unpaired) electrons. The SMILES string of the molecule is CC1(C)c2cc(N(c3ccccc3)c3ccc4c5c(ccc4c3)-c3ccccc3C5(C)C)ccc2-c2ccc(N(c3ccccc3)c3ccc4c5c(ccc4c3)-c3ccccc3C5(C)C)cc21. The molecule has 0 saturated heterocycles. The number of anilines is 6. The first kappa shape index (κ1) is 39.7. The Kier molecular flexibility index (Phi) is 8.38. The molecule has 0 amide bonds. The van der Waals surface area contributed by atoms with E-state index in [1.807, 2.05) is 0 Å². The average Bonchev–Trinajstić information content (AvgIpc) is 3.84. The summed E-state index contributed by atoms with van der Waals surface area (Å²) in [5.74, 6) is 0. The van der Waals surface area contributed by atoms with Gasteiger partial charge in [0.25, 0.3) is 0 Å². The summed E-state index contributed by atoms with van der Waals surface area (Å²) in [6, 6.07) is 77.3. The fourth-order valence-corrected chi connectivity index (χ4v) is 12.5. The van der Waals surface area contributed by atoms with Crippen molar-refractivity contribution >= 4 is 55.7 Å². The Morgan fingerprint density at radius 2 is 0.597 bits per heavy atom. The molecule has 0 unspecified atom stereocenters. The summed E-state index contributed by atoms with van der Waals surface area (Å²) in [5.41, 5.74) is 22.8. The third-order valence-corrected chi connectivity index (χ3v) is 15.7. The van der Waals surface area contributed by atoms with Gasteiger partial charge in [0.1, 0.15) is 0 Å². The van der Waals surface area contributed by atoms with Crippen LogP contribution in [0.1, 0.15) is 74.9 Å². The van der Waals surface area contributed by atoms with E-state index < -0.39 is 0 Å². The molecule has 0 aliphatic heterocycles. The Morgan fingerprint density at radius 1 is 0.254 bits per heavy atom. The fourth-order valence-electron chi connectivity index (χ4n) is 12.5. The summed E-state index contributed by atoms with van der Waals surface area (Å²) in [4.78, 5) is 4.87. The third kappa shape index (κ3) is 5.69. The topological polar surface area (TPSA) is 6.48 Å². The standard InChI is InChI=1S/C65H52N2/c1-63(2)59-39-47(66(43-17-9-7-10-18-43)45-27-33-49-41(37-45)25-31-55-51-21-13-15-23-57(51)64(3,4)61(49)55)29-35-53(59)54-36-30-48(40-60(54)63)67(44-19-11-8-12-20-44)46-28-34-50-42(38-46)26-32-56-52-22-14-16-24-58(52)65(5,6)62(50)56/h7-40H,1-6H3. The maximum Gasteiger partial charge on any atom is 0.0468 e. The lowest BCUT2D eigenvalue weighted by Crippen LogP contribution is -2.18. The monoisotopic (exact) mass is 860 g/mol. The molecular formula is C65H52N2. The molecule has 10 aromatic rings. The molecule has 0 aromatic heterocycles. The van der Waals surface area contributed by atoms with Gasteiger partial charge in [-0.15, -0.1) is 0 Å². The van der Waals surface area contributed by atoms with Crippen molar-refractivity contribution < 1.29 is 0 Å². The first-order valence-electron chi connectivity index (χ1n) is 23.8. The Bertz CT molecular complexity index is 3430. The summed E-state index contributed by atoms with van der Waals surface area (Å²) >= 11 is 0. The van der Waals surface area contributed by atoms with E-state index in [0.29, 0.717) is 0 Å². The highest BCUT2D eigenvalue weighted by Gasteiger charge is 2.39. The summed E-state index contributed by atoms with van der Waals surface area (Å²) in [6.07, 6.45) is 0. The van der Waals surface area contributed by atoms with Crippen molar-refractivity contribution in [2.24, 2.45) is 0 Å². The van der Waals surface area contributed by atoms with Crippen molar-refractivity contribution in [3.8, 4) is 33.4 Å². The van der Waals surface area contributed by atoms with Crippen LogP contribution < -0.4 is 9.80 Å². The van der Waals surface area contributed by atoms with Crippen LogP contribution in [0.25, 0.3) is 54.9 Å². The van der Waals surface area contributed by atoms with Gasteiger partial charge in [-0.05, 0) is 161 Å². The zero-order valence-corrected chi connectivity index (χ0v) is 39.0. The Labute approximate surface area is 394 Å². The number of hydrogen-bond donors (Lipinski definition) is 0. The van der Waals surface area contributed by atoms with Gasteiger partial charge in [-0.1, -0.05) is 175 Å². The first-order chi connectivity index (χ1) is 32.5. The van der Waals surface area contributed by atoms with E-state index in [2.05, 4.69) is 258 Å². The van der Waals surface area contributed by atoms with Gasteiger partial charge in [-0.3, -0.25) is 0 Å². The van der Waals surface area contributed by atoms with Crippen LogP contribution >= 0.6 is 0 Å². The second-order valence-corrected chi connectivity index (χ2v) is 20.6. The van der Waals surface area contributed by atoms with E-state index in [4.69, 9.17) is 0 Å². The quantitative estimate of drug-likeness (QED) is 0.164. The first-order valence-corrected chi connectivity index (χ1v) is 23.8. The minimum atomic E-state index is -0.254. The lowest BCUT2D eigenvalue weighted by atomic mass is 9.80. The Balaban J connectivity index is 0.896. The normalized spacial score (nSPS) is 15.1. The molecule has 0 bridgehead atoms. The van der Waals surface area contributed by atoms with E-state index in [-0.39, 0.29) is 16.2 Å². The number of hydrogen-bond acceptors (Lipinski definition) is 2. The highest BCUT2D eigenvalue weighted by Crippen LogP contribution is 2.55. The molecular weight excluding hydrogens is 809 g/mol. The predicted octanol–water partition coefficient (Wildman–Crippen LogP) is 17.9. The van der Waals surface area contributed by atoms with Crippen LogP contribution in [-0.4, -0.2) is 0 Å². The van der Waals surface area contributed by atoms with Crippen LogP contribution in [0.15, 0.2) is 206 Å². The molecule has 2 nitrogen and oxygen atoms in total. The number of fused-ring (bicyclic) bond motifs is 13. The van der Waals surface area contributed by atoms with Crippen LogP contribution in [0.3, 0.4) is 0 Å². The van der Waals surface area contributed by atoms with Crippen molar-refractivity contribution in [1.29, 1.82) is 0 Å². The molecule has 67 heavy (non-hydrogen) atoms. The van der Waals surface area contributed by atoms with E-state index in [9.17, 15) is 0 Å². The summed E-state index contributed by atoms with van der Waals surface area (Å²) in [7, 11) is 0. The van der Waals surface area contributed by atoms with Crippen molar-refractivity contribution in [1.82, 2.24) is 0 Å². The van der Waals surface area contributed by atoms with Gasteiger partial charge in [0, 0.05) is 50.4 Å². The third-order valence-electron chi connectivity index (χ3n) is 15.7. The molecule has 13 rings (SSSR count).